The van der Waals surface area contributed by atoms with Gasteiger partial charge in [-0.3, -0.25) is 0 Å². The largest absolute Gasteiger partial charge is 0.360 e. The van der Waals surface area contributed by atoms with E-state index in [2.05, 4.69) is 48.6 Å². The summed E-state index contributed by atoms with van der Waals surface area (Å²) < 4.78 is 1.98. The van der Waals surface area contributed by atoms with Crippen LogP contribution in [0.2, 0.25) is 0 Å². The first-order chi connectivity index (χ1) is 10.5. The molecule has 0 radical (unpaired) electrons. The van der Waals surface area contributed by atoms with Gasteiger partial charge < -0.3 is 10.6 Å². The van der Waals surface area contributed by atoms with Gasteiger partial charge in [0.15, 0.2) is 5.11 Å². The topological polar surface area (TPSA) is 41.9 Å². The quantitative estimate of drug-likeness (QED) is 0.831. The first-order valence-corrected chi connectivity index (χ1v) is 8.08. The van der Waals surface area contributed by atoms with Gasteiger partial charge in [0.1, 0.15) is 0 Å². The van der Waals surface area contributed by atoms with E-state index < -0.39 is 0 Å². The second-order valence-corrected chi connectivity index (χ2v) is 5.94. The number of benzene rings is 1. The summed E-state index contributed by atoms with van der Waals surface area (Å²) in [4.78, 5) is 0. The van der Waals surface area contributed by atoms with E-state index in [1.54, 1.807) is 0 Å². The number of thiocarbonyl (C=S) groups is 1. The fourth-order valence-electron chi connectivity index (χ4n) is 2.30. The van der Waals surface area contributed by atoms with Crippen LogP contribution in [-0.2, 0) is 6.54 Å². The van der Waals surface area contributed by atoms with Crippen molar-refractivity contribution in [2.45, 2.75) is 46.7 Å². The predicted octanol–water partition coefficient (Wildman–Crippen LogP) is 3.25. The first kappa shape index (κ1) is 16.5. The summed E-state index contributed by atoms with van der Waals surface area (Å²) in [7, 11) is 0. The van der Waals surface area contributed by atoms with Crippen LogP contribution >= 0.6 is 12.2 Å². The van der Waals surface area contributed by atoms with Crippen molar-refractivity contribution in [3.8, 4) is 5.69 Å². The summed E-state index contributed by atoms with van der Waals surface area (Å²) in [5, 5.41) is 11.9. The van der Waals surface area contributed by atoms with Crippen LogP contribution < -0.4 is 10.6 Å². The van der Waals surface area contributed by atoms with Crippen LogP contribution in [0.25, 0.3) is 5.69 Å². The molecule has 2 N–H and O–H groups in total. The third kappa shape index (κ3) is 3.85. The summed E-state index contributed by atoms with van der Waals surface area (Å²) >= 11 is 5.33. The molecule has 0 aliphatic heterocycles. The Balaban J connectivity index is 2.10. The van der Waals surface area contributed by atoms with E-state index in [1.807, 2.05) is 29.8 Å². The molecular weight excluding hydrogens is 292 g/mol. The Morgan fingerprint density at radius 1 is 1.27 bits per heavy atom. The molecular formula is C17H24N4S. The van der Waals surface area contributed by atoms with Gasteiger partial charge in [0.05, 0.1) is 11.4 Å². The molecule has 0 aliphatic rings. The summed E-state index contributed by atoms with van der Waals surface area (Å²) in [5.74, 6) is 0. The molecule has 0 saturated carbocycles. The summed E-state index contributed by atoms with van der Waals surface area (Å²) in [6.45, 7) is 9.08. The van der Waals surface area contributed by atoms with Gasteiger partial charge >= 0.3 is 0 Å². The molecule has 1 unspecified atom stereocenters. The molecule has 4 nitrogen and oxygen atoms in total. The van der Waals surface area contributed by atoms with Gasteiger partial charge in [-0.15, -0.1) is 0 Å². The number of hydrogen-bond acceptors (Lipinski definition) is 2. The van der Waals surface area contributed by atoms with Crippen molar-refractivity contribution >= 4 is 17.3 Å². The number of para-hydroxylation sites is 1. The average molecular weight is 316 g/mol. The number of hydrogen-bond donors (Lipinski definition) is 2. The van der Waals surface area contributed by atoms with Gasteiger partial charge in [-0.1, -0.05) is 25.1 Å². The smallest absolute Gasteiger partial charge is 0.166 e. The molecule has 0 aliphatic carbocycles. The number of rotatable bonds is 5. The molecule has 1 aromatic heterocycles. The van der Waals surface area contributed by atoms with E-state index >= 15 is 0 Å². The van der Waals surface area contributed by atoms with Crippen LogP contribution in [0.5, 0.6) is 0 Å². The van der Waals surface area contributed by atoms with Crippen molar-refractivity contribution < 1.29 is 0 Å². The van der Waals surface area contributed by atoms with Crippen molar-refractivity contribution in [3.63, 3.8) is 0 Å². The molecule has 0 bridgehead atoms. The Labute approximate surface area is 137 Å². The molecule has 0 saturated heterocycles. The Bertz CT molecular complexity index is 634. The number of nitrogens with one attached hydrogen (secondary N) is 2. The fraction of sp³-hybridized carbons (Fsp3) is 0.412. The highest BCUT2D eigenvalue weighted by atomic mass is 32.1. The highest BCUT2D eigenvalue weighted by molar-refractivity contribution is 7.80. The molecule has 0 fully saturated rings. The zero-order valence-electron chi connectivity index (χ0n) is 13.7. The predicted molar refractivity (Wildman–Crippen MR) is 95.4 cm³/mol. The minimum atomic E-state index is 0.384. The van der Waals surface area contributed by atoms with E-state index in [9.17, 15) is 0 Å². The van der Waals surface area contributed by atoms with Gasteiger partial charge in [0.25, 0.3) is 0 Å². The maximum absolute atomic E-state index is 5.33. The van der Waals surface area contributed by atoms with E-state index in [4.69, 9.17) is 12.2 Å². The Morgan fingerprint density at radius 3 is 2.59 bits per heavy atom. The number of aromatic nitrogens is 2. The molecule has 22 heavy (non-hydrogen) atoms. The number of aryl methyl sites for hydroxylation is 1. The molecule has 0 spiro atoms. The van der Waals surface area contributed by atoms with Crippen molar-refractivity contribution in [3.05, 3.63) is 47.3 Å². The van der Waals surface area contributed by atoms with Crippen molar-refractivity contribution in [2.24, 2.45) is 0 Å². The third-order valence-corrected chi connectivity index (χ3v) is 4.12. The van der Waals surface area contributed by atoms with Gasteiger partial charge in [-0.2, -0.15) is 5.10 Å². The zero-order chi connectivity index (χ0) is 16.1. The van der Waals surface area contributed by atoms with Crippen molar-refractivity contribution in [1.29, 1.82) is 0 Å². The van der Waals surface area contributed by atoms with Crippen LogP contribution in [-0.4, -0.2) is 20.9 Å². The standard InChI is InChI=1S/C17H24N4S/c1-5-12(2)19-17(22)18-11-16-13(3)20-21(14(16)4)15-9-7-6-8-10-15/h6-10,12H,5,11H2,1-4H3,(H2,18,19,22). The summed E-state index contributed by atoms with van der Waals surface area (Å²) in [6.07, 6.45) is 1.05. The molecule has 118 valence electrons. The van der Waals surface area contributed by atoms with Crippen LogP contribution in [0, 0.1) is 13.8 Å². The van der Waals surface area contributed by atoms with Crippen LogP contribution in [0.15, 0.2) is 30.3 Å². The SMILES string of the molecule is CCC(C)NC(=S)NCc1c(C)nn(-c2ccccc2)c1C. The monoisotopic (exact) mass is 316 g/mol. The Morgan fingerprint density at radius 2 is 1.95 bits per heavy atom. The second kappa shape index (κ2) is 7.40. The maximum Gasteiger partial charge on any atom is 0.166 e. The van der Waals surface area contributed by atoms with Gasteiger partial charge in [-0.25, -0.2) is 4.68 Å². The number of nitrogens with zero attached hydrogens (tertiary/aromatic N) is 2. The summed E-state index contributed by atoms with van der Waals surface area (Å²) in [6, 6.07) is 10.6. The zero-order valence-corrected chi connectivity index (χ0v) is 14.5. The molecule has 0 amide bonds. The lowest BCUT2D eigenvalue weighted by molar-refractivity contribution is 0.631. The van der Waals surface area contributed by atoms with Crippen LogP contribution in [0.3, 0.4) is 0 Å². The second-order valence-electron chi connectivity index (χ2n) is 5.53. The molecule has 2 rings (SSSR count). The lowest BCUT2D eigenvalue weighted by atomic mass is 10.2. The van der Waals surface area contributed by atoms with Crippen molar-refractivity contribution in [1.82, 2.24) is 20.4 Å². The lowest BCUT2D eigenvalue weighted by Gasteiger charge is -2.15. The van der Waals surface area contributed by atoms with Crippen LogP contribution in [0.4, 0.5) is 0 Å². The molecule has 2 aromatic rings. The molecule has 5 heteroatoms. The lowest BCUT2D eigenvalue weighted by Crippen LogP contribution is -2.40. The fourth-order valence-corrected chi connectivity index (χ4v) is 2.57. The third-order valence-electron chi connectivity index (χ3n) is 3.86. The minimum Gasteiger partial charge on any atom is -0.360 e. The molecule has 1 aromatic carbocycles. The maximum atomic E-state index is 5.33. The van der Waals surface area contributed by atoms with E-state index in [-0.39, 0.29) is 0 Å². The molecule has 1 heterocycles. The highest BCUT2D eigenvalue weighted by Crippen LogP contribution is 2.17. The highest BCUT2D eigenvalue weighted by Gasteiger charge is 2.13. The molecule has 1 atom stereocenters. The average Bonchev–Trinajstić information content (AvgIpc) is 2.80. The first-order valence-electron chi connectivity index (χ1n) is 7.67. The summed E-state index contributed by atoms with van der Waals surface area (Å²) in [5.41, 5.74) is 4.44. The minimum absolute atomic E-state index is 0.384. The Hall–Kier alpha value is -1.88. The van der Waals surface area contributed by atoms with E-state index in [1.165, 1.54) is 5.56 Å². The van der Waals surface area contributed by atoms with Crippen molar-refractivity contribution in [2.75, 3.05) is 0 Å². The normalized spacial score (nSPS) is 12.0. The van der Waals surface area contributed by atoms with Gasteiger partial charge in [0, 0.05) is 23.8 Å². The van der Waals surface area contributed by atoms with Crippen LogP contribution in [0.1, 0.15) is 37.2 Å². The van der Waals surface area contributed by atoms with Gasteiger partial charge in [0.2, 0.25) is 0 Å². The van der Waals surface area contributed by atoms with E-state index in [0.29, 0.717) is 17.7 Å². The Kier molecular flexibility index (Phi) is 5.55. The van der Waals surface area contributed by atoms with E-state index in [0.717, 1.165) is 23.5 Å². The van der Waals surface area contributed by atoms with Gasteiger partial charge in [-0.05, 0) is 51.5 Å².